The molecule has 0 aromatic rings. The van der Waals surface area contributed by atoms with E-state index >= 15 is 0 Å². The molecule has 0 saturated heterocycles. The molecule has 0 spiro atoms. The van der Waals surface area contributed by atoms with E-state index in [0.29, 0.717) is 6.04 Å². The van der Waals surface area contributed by atoms with E-state index in [0.717, 1.165) is 12.5 Å². The first-order valence-electron chi connectivity index (χ1n) is 6.97. The molecule has 0 heterocycles. The van der Waals surface area contributed by atoms with Gasteiger partial charge in [0.2, 0.25) is 0 Å². The van der Waals surface area contributed by atoms with E-state index in [4.69, 9.17) is 0 Å². The summed E-state index contributed by atoms with van der Waals surface area (Å²) < 4.78 is 0. The van der Waals surface area contributed by atoms with E-state index in [1.165, 1.54) is 44.9 Å². The zero-order chi connectivity index (χ0) is 12.0. The van der Waals surface area contributed by atoms with Crippen molar-refractivity contribution in [1.29, 1.82) is 0 Å². The summed E-state index contributed by atoms with van der Waals surface area (Å²) in [7, 11) is 0. The van der Waals surface area contributed by atoms with Crippen LogP contribution in [-0.2, 0) is 0 Å². The van der Waals surface area contributed by atoms with E-state index in [1.807, 2.05) is 13.8 Å². The van der Waals surface area contributed by atoms with Crippen LogP contribution in [0.4, 0.5) is 0 Å². The van der Waals surface area contributed by atoms with Crippen molar-refractivity contribution in [3.8, 4) is 0 Å². The Kier molecular flexibility index (Phi) is 5.77. The molecular weight excluding hydrogens is 198 g/mol. The molecule has 0 radical (unpaired) electrons. The van der Waals surface area contributed by atoms with Gasteiger partial charge in [-0.3, -0.25) is 0 Å². The fourth-order valence-electron chi connectivity index (χ4n) is 2.67. The number of hydrogen-bond donors (Lipinski definition) is 2. The summed E-state index contributed by atoms with van der Waals surface area (Å²) in [5.41, 5.74) is -0.574. The highest BCUT2D eigenvalue weighted by Gasteiger charge is 2.20. The predicted octanol–water partition coefficient (Wildman–Crippen LogP) is 3.10. The molecule has 0 bridgehead atoms. The van der Waals surface area contributed by atoms with Crippen molar-refractivity contribution in [3.63, 3.8) is 0 Å². The van der Waals surface area contributed by atoms with Crippen LogP contribution in [-0.4, -0.2) is 23.3 Å². The summed E-state index contributed by atoms with van der Waals surface area (Å²) in [6.45, 7) is 6.75. The Morgan fingerprint density at radius 1 is 1.19 bits per heavy atom. The van der Waals surface area contributed by atoms with Crippen LogP contribution in [0.25, 0.3) is 0 Å². The third-order valence-electron chi connectivity index (χ3n) is 3.61. The summed E-state index contributed by atoms with van der Waals surface area (Å²) in [5, 5.41) is 13.2. The van der Waals surface area contributed by atoms with E-state index < -0.39 is 5.60 Å². The number of hydrogen-bond acceptors (Lipinski definition) is 2. The van der Waals surface area contributed by atoms with Crippen LogP contribution >= 0.6 is 0 Å². The van der Waals surface area contributed by atoms with Gasteiger partial charge in [-0.1, -0.05) is 32.6 Å². The largest absolute Gasteiger partial charge is 0.389 e. The first kappa shape index (κ1) is 14.0. The number of nitrogens with one attached hydrogen (secondary N) is 1. The van der Waals surface area contributed by atoms with Crippen molar-refractivity contribution in [2.75, 3.05) is 6.54 Å². The van der Waals surface area contributed by atoms with Gasteiger partial charge < -0.3 is 10.4 Å². The van der Waals surface area contributed by atoms with Crippen LogP contribution < -0.4 is 5.32 Å². The minimum atomic E-state index is -0.574. The second-order valence-corrected chi connectivity index (χ2v) is 6.05. The molecule has 2 unspecified atom stereocenters. The third-order valence-corrected chi connectivity index (χ3v) is 3.61. The fourth-order valence-corrected chi connectivity index (χ4v) is 2.67. The highest BCUT2D eigenvalue weighted by Crippen LogP contribution is 2.26. The van der Waals surface area contributed by atoms with Gasteiger partial charge in [0.15, 0.2) is 0 Å². The Morgan fingerprint density at radius 3 is 2.56 bits per heavy atom. The standard InChI is InChI=1S/C14H29NO/c1-4-6-12-7-5-8-13(10-9-12)15-11-14(2,3)16/h12-13,15-16H,4-11H2,1-3H3. The summed E-state index contributed by atoms with van der Waals surface area (Å²) in [4.78, 5) is 0. The monoisotopic (exact) mass is 227 g/mol. The predicted molar refractivity (Wildman–Crippen MR) is 69.6 cm³/mol. The van der Waals surface area contributed by atoms with Crippen molar-refractivity contribution < 1.29 is 5.11 Å². The molecule has 2 heteroatoms. The van der Waals surface area contributed by atoms with Gasteiger partial charge in [-0.25, -0.2) is 0 Å². The maximum Gasteiger partial charge on any atom is 0.0715 e. The van der Waals surface area contributed by atoms with Gasteiger partial charge in [0, 0.05) is 12.6 Å². The third kappa shape index (κ3) is 5.86. The Bertz CT molecular complexity index is 186. The van der Waals surface area contributed by atoms with Gasteiger partial charge in [-0.2, -0.15) is 0 Å². The van der Waals surface area contributed by atoms with E-state index in [-0.39, 0.29) is 0 Å². The minimum absolute atomic E-state index is 0.574. The Balaban J connectivity index is 2.25. The van der Waals surface area contributed by atoms with Gasteiger partial charge in [0.1, 0.15) is 0 Å². The zero-order valence-corrected chi connectivity index (χ0v) is 11.3. The van der Waals surface area contributed by atoms with Crippen molar-refractivity contribution >= 4 is 0 Å². The van der Waals surface area contributed by atoms with Crippen LogP contribution in [0.2, 0.25) is 0 Å². The van der Waals surface area contributed by atoms with Crippen LogP contribution in [0.3, 0.4) is 0 Å². The lowest BCUT2D eigenvalue weighted by atomic mass is 9.95. The van der Waals surface area contributed by atoms with Crippen molar-refractivity contribution in [3.05, 3.63) is 0 Å². The maximum absolute atomic E-state index is 9.69. The highest BCUT2D eigenvalue weighted by molar-refractivity contribution is 4.78. The first-order valence-corrected chi connectivity index (χ1v) is 6.97. The summed E-state index contributed by atoms with van der Waals surface area (Å²) in [5.74, 6) is 0.957. The van der Waals surface area contributed by atoms with Gasteiger partial charge in [0.25, 0.3) is 0 Å². The summed E-state index contributed by atoms with van der Waals surface area (Å²) >= 11 is 0. The number of rotatable bonds is 5. The molecule has 1 aliphatic carbocycles. The maximum atomic E-state index is 9.69. The fraction of sp³-hybridized carbons (Fsp3) is 1.00. The van der Waals surface area contributed by atoms with Gasteiger partial charge >= 0.3 is 0 Å². The normalized spacial score (nSPS) is 27.8. The quantitative estimate of drug-likeness (QED) is 0.707. The SMILES string of the molecule is CCCC1CCCC(NCC(C)(C)O)CC1. The molecule has 1 saturated carbocycles. The van der Waals surface area contributed by atoms with Crippen molar-refractivity contribution in [2.45, 2.75) is 77.4 Å². The average molecular weight is 227 g/mol. The first-order chi connectivity index (χ1) is 7.51. The molecule has 16 heavy (non-hydrogen) atoms. The topological polar surface area (TPSA) is 32.3 Å². The summed E-state index contributed by atoms with van der Waals surface area (Å²) in [6, 6.07) is 0.633. The van der Waals surface area contributed by atoms with E-state index in [9.17, 15) is 5.11 Å². The molecule has 1 rings (SSSR count). The summed E-state index contributed by atoms with van der Waals surface area (Å²) in [6.07, 6.45) is 9.45. The van der Waals surface area contributed by atoms with Crippen molar-refractivity contribution in [1.82, 2.24) is 5.32 Å². The van der Waals surface area contributed by atoms with Gasteiger partial charge in [-0.15, -0.1) is 0 Å². The van der Waals surface area contributed by atoms with E-state index in [2.05, 4.69) is 12.2 Å². The second-order valence-electron chi connectivity index (χ2n) is 6.05. The Hall–Kier alpha value is -0.0800. The minimum Gasteiger partial charge on any atom is -0.389 e. The molecule has 1 fully saturated rings. The molecule has 0 aromatic carbocycles. The van der Waals surface area contributed by atoms with Gasteiger partial charge in [0.05, 0.1) is 5.60 Å². The van der Waals surface area contributed by atoms with Crippen LogP contribution in [0, 0.1) is 5.92 Å². The average Bonchev–Trinajstić information content (AvgIpc) is 2.40. The highest BCUT2D eigenvalue weighted by atomic mass is 16.3. The van der Waals surface area contributed by atoms with Crippen LogP contribution in [0.15, 0.2) is 0 Å². The van der Waals surface area contributed by atoms with Gasteiger partial charge in [-0.05, 0) is 39.0 Å². The molecule has 0 aromatic heterocycles. The lowest BCUT2D eigenvalue weighted by molar-refractivity contribution is 0.0756. The molecule has 2 nitrogen and oxygen atoms in total. The zero-order valence-electron chi connectivity index (χ0n) is 11.3. The second kappa shape index (κ2) is 6.61. The smallest absolute Gasteiger partial charge is 0.0715 e. The Morgan fingerprint density at radius 2 is 1.94 bits per heavy atom. The lowest BCUT2D eigenvalue weighted by Gasteiger charge is -2.23. The van der Waals surface area contributed by atoms with E-state index in [1.54, 1.807) is 0 Å². The van der Waals surface area contributed by atoms with Crippen LogP contribution in [0.1, 0.15) is 65.7 Å². The molecule has 0 amide bonds. The van der Waals surface area contributed by atoms with Crippen molar-refractivity contribution in [2.24, 2.45) is 5.92 Å². The molecule has 1 aliphatic rings. The number of aliphatic hydroxyl groups is 1. The molecule has 96 valence electrons. The van der Waals surface area contributed by atoms with Crippen LogP contribution in [0.5, 0.6) is 0 Å². The molecule has 2 atom stereocenters. The molecule has 2 N–H and O–H groups in total. The molecule has 0 aliphatic heterocycles. The lowest BCUT2D eigenvalue weighted by Crippen LogP contribution is -2.40. The Labute approximate surface area is 101 Å². The molecular formula is C14H29NO.